The predicted octanol–water partition coefficient (Wildman–Crippen LogP) is 3.41. The molecule has 2 heterocycles. The van der Waals surface area contributed by atoms with Gasteiger partial charge >= 0.3 is 0 Å². The Morgan fingerprint density at radius 3 is 2.54 bits per heavy atom. The van der Waals surface area contributed by atoms with Crippen LogP contribution < -0.4 is 4.74 Å². The normalized spacial score (nSPS) is 16.0. The van der Waals surface area contributed by atoms with Crippen molar-refractivity contribution >= 4 is 21.6 Å². The van der Waals surface area contributed by atoms with E-state index in [2.05, 4.69) is 5.10 Å². The smallest absolute Gasteiger partial charge is 0.246 e. The minimum absolute atomic E-state index is 0.331. The van der Waals surface area contributed by atoms with Gasteiger partial charge in [-0.2, -0.15) is 9.40 Å². The summed E-state index contributed by atoms with van der Waals surface area (Å²) in [5.74, 6) is 0.608. The van der Waals surface area contributed by atoms with Gasteiger partial charge in [-0.15, -0.1) is 0 Å². The van der Waals surface area contributed by atoms with Gasteiger partial charge in [0.05, 0.1) is 23.0 Å². The molecular formula is C18H24ClN3O3S. The molecule has 1 fully saturated rings. The van der Waals surface area contributed by atoms with Gasteiger partial charge in [-0.3, -0.25) is 4.68 Å². The Morgan fingerprint density at radius 2 is 1.85 bits per heavy atom. The number of halogens is 1. The topological polar surface area (TPSA) is 64.4 Å². The number of aryl methyl sites for hydroxylation is 1. The third kappa shape index (κ3) is 3.89. The summed E-state index contributed by atoms with van der Waals surface area (Å²) >= 11 is 6.08. The van der Waals surface area contributed by atoms with Crippen LogP contribution in [0.4, 0.5) is 0 Å². The predicted molar refractivity (Wildman–Crippen MR) is 101 cm³/mol. The van der Waals surface area contributed by atoms with E-state index in [9.17, 15) is 8.42 Å². The molecule has 0 radical (unpaired) electrons. The highest BCUT2D eigenvalue weighted by atomic mass is 35.5. The SMILES string of the molecule is Cc1nn(CCOc2ccccc2Cl)c(C)c1S(=O)(=O)N1CCCCC1. The lowest BCUT2D eigenvalue weighted by Crippen LogP contribution is -2.36. The molecule has 1 aliphatic heterocycles. The van der Waals surface area contributed by atoms with Crippen molar-refractivity contribution < 1.29 is 13.2 Å². The van der Waals surface area contributed by atoms with Crippen molar-refractivity contribution in [1.82, 2.24) is 14.1 Å². The molecule has 26 heavy (non-hydrogen) atoms. The number of hydrogen-bond acceptors (Lipinski definition) is 4. The summed E-state index contributed by atoms with van der Waals surface area (Å²) < 4.78 is 35.0. The lowest BCUT2D eigenvalue weighted by molar-refractivity contribution is 0.289. The first-order valence-corrected chi connectivity index (χ1v) is 10.6. The van der Waals surface area contributed by atoms with Gasteiger partial charge in [-0.05, 0) is 38.8 Å². The van der Waals surface area contributed by atoms with Crippen LogP contribution >= 0.6 is 11.6 Å². The van der Waals surface area contributed by atoms with E-state index in [1.807, 2.05) is 12.1 Å². The molecule has 0 N–H and O–H groups in total. The van der Waals surface area contributed by atoms with Gasteiger partial charge in [0.25, 0.3) is 0 Å². The molecular weight excluding hydrogens is 374 g/mol. The Labute approximate surface area is 159 Å². The molecule has 8 heteroatoms. The molecule has 1 aromatic heterocycles. The molecule has 3 rings (SSSR count). The van der Waals surface area contributed by atoms with Crippen molar-refractivity contribution in [3.8, 4) is 5.75 Å². The number of piperidine rings is 1. The summed E-state index contributed by atoms with van der Waals surface area (Å²) in [4.78, 5) is 0.331. The van der Waals surface area contributed by atoms with E-state index in [-0.39, 0.29) is 0 Å². The zero-order valence-corrected chi connectivity index (χ0v) is 16.7. The standard InChI is InChI=1S/C18H24ClN3O3S/c1-14-18(26(23,24)21-10-6-3-7-11-21)15(2)22(20-14)12-13-25-17-9-5-4-8-16(17)19/h4-5,8-9H,3,6-7,10-13H2,1-2H3. The molecule has 0 aliphatic carbocycles. The Hall–Kier alpha value is -1.57. The molecule has 0 bridgehead atoms. The molecule has 0 spiro atoms. The number of rotatable bonds is 6. The van der Waals surface area contributed by atoms with Crippen LogP contribution in [-0.4, -0.2) is 42.2 Å². The first-order valence-electron chi connectivity index (χ1n) is 8.83. The monoisotopic (exact) mass is 397 g/mol. The second kappa shape index (κ2) is 7.98. The number of sulfonamides is 1. The number of aromatic nitrogens is 2. The van der Waals surface area contributed by atoms with Crippen molar-refractivity contribution in [2.24, 2.45) is 0 Å². The summed E-state index contributed by atoms with van der Waals surface area (Å²) in [6.45, 7) is 5.52. The second-order valence-corrected chi connectivity index (χ2v) is 8.75. The summed E-state index contributed by atoms with van der Waals surface area (Å²) in [5.41, 5.74) is 1.18. The number of para-hydroxylation sites is 1. The highest BCUT2D eigenvalue weighted by molar-refractivity contribution is 7.89. The van der Waals surface area contributed by atoms with E-state index >= 15 is 0 Å². The Bertz CT molecular complexity index is 874. The van der Waals surface area contributed by atoms with Gasteiger partial charge < -0.3 is 4.74 Å². The van der Waals surface area contributed by atoms with Gasteiger partial charge in [-0.1, -0.05) is 30.2 Å². The van der Waals surface area contributed by atoms with Crippen LogP contribution in [0.25, 0.3) is 0 Å². The largest absolute Gasteiger partial charge is 0.490 e. The Morgan fingerprint density at radius 1 is 1.15 bits per heavy atom. The average Bonchev–Trinajstić information content (AvgIpc) is 2.91. The number of benzene rings is 1. The van der Waals surface area contributed by atoms with Crippen LogP contribution in [0.15, 0.2) is 29.2 Å². The molecule has 2 aromatic rings. The maximum absolute atomic E-state index is 13.0. The highest BCUT2D eigenvalue weighted by Gasteiger charge is 2.31. The van der Waals surface area contributed by atoms with Crippen molar-refractivity contribution in [3.05, 3.63) is 40.7 Å². The van der Waals surface area contributed by atoms with E-state index in [1.165, 1.54) is 0 Å². The van der Waals surface area contributed by atoms with Crippen molar-refractivity contribution in [2.75, 3.05) is 19.7 Å². The fraction of sp³-hybridized carbons (Fsp3) is 0.500. The lowest BCUT2D eigenvalue weighted by atomic mass is 10.2. The molecule has 0 amide bonds. The Balaban J connectivity index is 1.74. The summed E-state index contributed by atoms with van der Waals surface area (Å²) in [6.07, 6.45) is 2.91. The van der Waals surface area contributed by atoms with Gasteiger partial charge in [-0.25, -0.2) is 8.42 Å². The minimum atomic E-state index is -3.50. The quantitative estimate of drug-likeness (QED) is 0.749. The molecule has 6 nitrogen and oxygen atoms in total. The van der Waals surface area contributed by atoms with Crippen LogP contribution in [0.1, 0.15) is 30.7 Å². The highest BCUT2D eigenvalue weighted by Crippen LogP contribution is 2.26. The van der Waals surface area contributed by atoms with Crippen LogP contribution in [0, 0.1) is 13.8 Å². The Kier molecular flexibility index (Phi) is 5.89. The zero-order chi connectivity index (χ0) is 18.7. The third-order valence-corrected chi connectivity index (χ3v) is 7.09. The number of ether oxygens (including phenoxy) is 1. The van der Waals surface area contributed by atoms with Crippen LogP contribution in [0.2, 0.25) is 5.02 Å². The summed E-state index contributed by atoms with van der Waals surface area (Å²) in [5, 5.41) is 4.97. The average molecular weight is 398 g/mol. The minimum Gasteiger partial charge on any atom is -0.490 e. The van der Waals surface area contributed by atoms with Crippen LogP contribution in [-0.2, 0) is 16.6 Å². The molecule has 0 saturated carbocycles. The molecule has 1 aromatic carbocycles. The van der Waals surface area contributed by atoms with E-state index in [4.69, 9.17) is 16.3 Å². The fourth-order valence-electron chi connectivity index (χ4n) is 3.31. The molecule has 1 saturated heterocycles. The third-order valence-electron chi connectivity index (χ3n) is 4.63. The van der Waals surface area contributed by atoms with Crippen molar-refractivity contribution in [2.45, 2.75) is 44.6 Å². The van der Waals surface area contributed by atoms with Gasteiger partial charge in [0.1, 0.15) is 17.3 Å². The molecule has 1 aliphatic rings. The molecule has 0 atom stereocenters. The van der Waals surface area contributed by atoms with Crippen molar-refractivity contribution in [3.63, 3.8) is 0 Å². The van der Waals surface area contributed by atoms with Gasteiger partial charge in [0.2, 0.25) is 10.0 Å². The maximum atomic E-state index is 13.0. The number of hydrogen-bond donors (Lipinski definition) is 0. The number of nitrogens with zero attached hydrogens (tertiary/aromatic N) is 3. The lowest BCUT2D eigenvalue weighted by Gasteiger charge is -2.26. The van der Waals surface area contributed by atoms with E-state index in [0.717, 1.165) is 19.3 Å². The van der Waals surface area contributed by atoms with Crippen LogP contribution in [0.5, 0.6) is 5.75 Å². The first-order chi connectivity index (χ1) is 12.4. The molecule has 0 unspecified atom stereocenters. The second-order valence-electron chi connectivity index (χ2n) is 6.47. The first kappa shape index (κ1) is 19.2. The van der Waals surface area contributed by atoms with E-state index in [1.54, 1.807) is 35.0 Å². The van der Waals surface area contributed by atoms with E-state index in [0.29, 0.717) is 53.3 Å². The van der Waals surface area contributed by atoms with Gasteiger partial charge in [0, 0.05) is 13.1 Å². The van der Waals surface area contributed by atoms with Crippen molar-refractivity contribution in [1.29, 1.82) is 0 Å². The van der Waals surface area contributed by atoms with Gasteiger partial charge in [0.15, 0.2) is 0 Å². The van der Waals surface area contributed by atoms with E-state index < -0.39 is 10.0 Å². The zero-order valence-electron chi connectivity index (χ0n) is 15.1. The summed E-state index contributed by atoms with van der Waals surface area (Å²) in [6, 6.07) is 7.26. The maximum Gasteiger partial charge on any atom is 0.246 e. The summed E-state index contributed by atoms with van der Waals surface area (Å²) in [7, 11) is -3.50. The van der Waals surface area contributed by atoms with Crippen LogP contribution in [0.3, 0.4) is 0 Å². The molecule has 142 valence electrons. The fourth-order valence-corrected chi connectivity index (χ4v) is 5.39.